The Bertz CT molecular complexity index is 197. The molecule has 2 unspecified atom stereocenters. The van der Waals surface area contributed by atoms with Gasteiger partial charge < -0.3 is 10.6 Å². The summed E-state index contributed by atoms with van der Waals surface area (Å²) >= 11 is 0. The summed E-state index contributed by atoms with van der Waals surface area (Å²) in [6, 6.07) is 2.85. The average molecular weight is 195 g/mol. The first-order chi connectivity index (χ1) is 6.79. The maximum Gasteiger partial charge on any atom is 0.0622 e. The summed E-state index contributed by atoms with van der Waals surface area (Å²) < 4.78 is 0. The molecule has 3 nitrogen and oxygen atoms in total. The van der Waals surface area contributed by atoms with Gasteiger partial charge in [-0.25, -0.2) is 0 Å². The standard InChI is InChI=1S/C11H21N3/c1-14(8-3-2-7-12)11-6-4-5-10(11)9-13/h10-11H,2-6,8-9,13H2,1H3. The molecule has 0 amide bonds. The molecule has 0 aromatic heterocycles. The van der Waals surface area contributed by atoms with Crippen LogP contribution in [0.2, 0.25) is 0 Å². The van der Waals surface area contributed by atoms with Crippen molar-refractivity contribution < 1.29 is 0 Å². The van der Waals surface area contributed by atoms with Gasteiger partial charge in [0.25, 0.3) is 0 Å². The van der Waals surface area contributed by atoms with Crippen molar-refractivity contribution in [1.29, 1.82) is 5.26 Å². The molecule has 3 heteroatoms. The summed E-state index contributed by atoms with van der Waals surface area (Å²) in [5.41, 5.74) is 5.74. The highest BCUT2D eigenvalue weighted by Gasteiger charge is 2.28. The van der Waals surface area contributed by atoms with Crippen molar-refractivity contribution >= 4 is 0 Å². The monoisotopic (exact) mass is 195 g/mol. The van der Waals surface area contributed by atoms with Crippen LogP contribution in [0.3, 0.4) is 0 Å². The van der Waals surface area contributed by atoms with Gasteiger partial charge in [-0.05, 0) is 45.3 Å². The Labute approximate surface area is 86.9 Å². The molecule has 1 rings (SSSR count). The zero-order valence-electron chi connectivity index (χ0n) is 9.08. The van der Waals surface area contributed by atoms with Crippen LogP contribution in [0, 0.1) is 17.2 Å². The number of unbranched alkanes of at least 4 members (excludes halogenated alkanes) is 1. The van der Waals surface area contributed by atoms with E-state index in [-0.39, 0.29) is 0 Å². The zero-order chi connectivity index (χ0) is 10.4. The highest BCUT2D eigenvalue weighted by molar-refractivity contribution is 4.85. The summed E-state index contributed by atoms with van der Waals surface area (Å²) in [7, 11) is 2.16. The Morgan fingerprint density at radius 1 is 1.50 bits per heavy atom. The quantitative estimate of drug-likeness (QED) is 0.674. The maximum absolute atomic E-state index is 8.45. The molecule has 0 saturated heterocycles. The molecule has 2 atom stereocenters. The van der Waals surface area contributed by atoms with E-state index < -0.39 is 0 Å². The van der Waals surface area contributed by atoms with E-state index in [4.69, 9.17) is 11.0 Å². The lowest BCUT2D eigenvalue weighted by molar-refractivity contribution is 0.199. The van der Waals surface area contributed by atoms with Crippen LogP contribution in [0.1, 0.15) is 32.1 Å². The minimum absolute atomic E-state index is 0.665. The molecular formula is C11H21N3. The fourth-order valence-corrected chi connectivity index (χ4v) is 2.45. The van der Waals surface area contributed by atoms with E-state index in [1.807, 2.05) is 0 Å². The zero-order valence-corrected chi connectivity index (χ0v) is 9.08. The summed E-state index contributed by atoms with van der Waals surface area (Å²) in [5, 5.41) is 8.45. The van der Waals surface area contributed by atoms with E-state index in [9.17, 15) is 0 Å². The lowest BCUT2D eigenvalue weighted by Crippen LogP contribution is -2.38. The fraction of sp³-hybridized carbons (Fsp3) is 0.909. The van der Waals surface area contributed by atoms with Gasteiger partial charge in [0.05, 0.1) is 6.07 Å². The van der Waals surface area contributed by atoms with Crippen LogP contribution in [-0.4, -0.2) is 31.1 Å². The largest absolute Gasteiger partial charge is 0.330 e. The molecule has 0 aromatic rings. The number of rotatable bonds is 5. The smallest absolute Gasteiger partial charge is 0.0622 e. The van der Waals surface area contributed by atoms with Crippen molar-refractivity contribution in [2.24, 2.45) is 11.7 Å². The summed E-state index contributed by atoms with van der Waals surface area (Å²) in [6.07, 6.45) is 5.54. The molecule has 0 aromatic carbocycles. The van der Waals surface area contributed by atoms with Gasteiger partial charge in [-0.1, -0.05) is 6.42 Å². The van der Waals surface area contributed by atoms with Crippen molar-refractivity contribution in [2.45, 2.75) is 38.1 Å². The highest BCUT2D eigenvalue weighted by Crippen LogP contribution is 2.28. The number of nitrogens with zero attached hydrogens (tertiary/aromatic N) is 2. The normalized spacial score (nSPS) is 26.7. The SMILES string of the molecule is CN(CCCC#N)C1CCCC1CN. The molecule has 2 N–H and O–H groups in total. The second kappa shape index (κ2) is 6.00. The molecular weight excluding hydrogens is 174 g/mol. The third-order valence-corrected chi connectivity index (χ3v) is 3.29. The van der Waals surface area contributed by atoms with Crippen LogP contribution in [0.25, 0.3) is 0 Å². The van der Waals surface area contributed by atoms with Crippen LogP contribution in [0.4, 0.5) is 0 Å². The van der Waals surface area contributed by atoms with E-state index in [2.05, 4.69) is 18.0 Å². The molecule has 1 saturated carbocycles. The van der Waals surface area contributed by atoms with Crippen LogP contribution >= 0.6 is 0 Å². The molecule has 0 aliphatic heterocycles. The third-order valence-electron chi connectivity index (χ3n) is 3.29. The van der Waals surface area contributed by atoms with Crippen molar-refractivity contribution in [1.82, 2.24) is 4.90 Å². The van der Waals surface area contributed by atoms with Gasteiger partial charge in [0.1, 0.15) is 0 Å². The molecule has 0 bridgehead atoms. The Morgan fingerprint density at radius 3 is 2.93 bits per heavy atom. The van der Waals surface area contributed by atoms with Crippen LogP contribution in [0.15, 0.2) is 0 Å². The van der Waals surface area contributed by atoms with E-state index >= 15 is 0 Å². The lowest BCUT2D eigenvalue weighted by atomic mass is 10.0. The van der Waals surface area contributed by atoms with E-state index in [0.29, 0.717) is 18.4 Å². The topological polar surface area (TPSA) is 53.0 Å². The number of hydrogen-bond donors (Lipinski definition) is 1. The second-order valence-corrected chi connectivity index (χ2v) is 4.24. The molecule has 1 aliphatic rings. The Morgan fingerprint density at radius 2 is 2.29 bits per heavy atom. The molecule has 1 aliphatic carbocycles. The van der Waals surface area contributed by atoms with Gasteiger partial charge in [0, 0.05) is 12.5 Å². The predicted molar refractivity (Wildman–Crippen MR) is 57.7 cm³/mol. The van der Waals surface area contributed by atoms with E-state index in [1.165, 1.54) is 19.3 Å². The Kier molecular flexibility index (Phi) is 4.92. The number of hydrogen-bond acceptors (Lipinski definition) is 3. The van der Waals surface area contributed by atoms with Crippen molar-refractivity contribution in [3.63, 3.8) is 0 Å². The van der Waals surface area contributed by atoms with Crippen molar-refractivity contribution in [2.75, 3.05) is 20.1 Å². The minimum atomic E-state index is 0.665. The van der Waals surface area contributed by atoms with Crippen molar-refractivity contribution in [3.05, 3.63) is 0 Å². The Hall–Kier alpha value is -0.590. The van der Waals surface area contributed by atoms with Gasteiger partial charge in [0.15, 0.2) is 0 Å². The molecule has 14 heavy (non-hydrogen) atoms. The Balaban J connectivity index is 2.28. The highest BCUT2D eigenvalue weighted by atomic mass is 15.1. The number of nitrogens with two attached hydrogens (primary N) is 1. The molecule has 1 fully saturated rings. The maximum atomic E-state index is 8.45. The van der Waals surface area contributed by atoms with Crippen LogP contribution in [0.5, 0.6) is 0 Å². The summed E-state index contributed by atoms with van der Waals surface area (Å²) in [4.78, 5) is 2.39. The average Bonchev–Trinajstić information content (AvgIpc) is 2.65. The molecule has 0 spiro atoms. The predicted octanol–water partition coefficient (Wildman–Crippen LogP) is 1.35. The lowest BCUT2D eigenvalue weighted by Gasteiger charge is -2.28. The number of nitriles is 1. The van der Waals surface area contributed by atoms with Crippen LogP contribution < -0.4 is 5.73 Å². The van der Waals surface area contributed by atoms with Gasteiger partial charge in [0.2, 0.25) is 0 Å². The molecule has 0 heterocycles. The third kappa shape index (κ3) is 2.97. The first-order valence-electron chi connectivity index (χ1n) is 5.57. The van der Waals surface area contributed by atoms with Crippen molar-refractivity contribution in [3.8, 4) is 6.07 Å². The minimum Gasteiger partial charge on any atom is -0.330 e. The van der Waals surface area contributed by atoms with Crippen LogP contribution in [-0.2, 0) is 0 Å². The summed E-state index contributed by atoms with van der Waals surface area (Å²) in [5.74, 6) is 0.682. The van der Waals surface area contributed by atoms with Gasteiger partial charge in [-0.2, -0.15) is 5.26 Å². The van der Waals surface area contributed by atoms with Gasteiger partial charge in [-0.15, -0.1) is 0 Å². The first kappa shape index (κ1) is 11.5. The van der Waals surface area contributed by atoms with E-state index in [0.717, 1.165) is 19.5 Å². The summed E-state index contributed by atoms with van der Waals surface area (Å²) in [6.45, 7) is 1.85. The fourth-order valence-electron chi connectivity index (χ4n) is 2.45. The molecule has 0 radical (unpaired) electrons. The first-order valence-corrected chi connectivity index (χ1v) is 5.57. The second-order valence-electron chi connectivity index (χ2n) is 4.24. The molecule has 80 valence electrons. The van der Waals surface area contributed by atoms with E-state index in [1.54, 1.807) is 0 Å². The van der Waals surface area contributed by atoms with Gasteiger partial charge in [-0.3, -0.25) is 0 Å². The van der Waals surface area contributed by atoms with Gasteiger partial charge >= 0.3 is 0 Å².